The van der Waals surface area contributed by atoms with Crippen LogP contribution in [0.3, 0.4) is 0 Å². The molecule has 0 aromatic heterocycles. The number of nitrogens with zero attached hydrogens (tertiary/aromatic N) is 1. The van der Waals surface area contributed by atoms with E-state index in [1.807, 2.05) is 0 Å². The summed E-state index contributed by atoms with van der Waals surface area (Å²) in [6.45, 7) is 0.400. The van der Waals surface area contributed by atoms with E-state index in [1.54, 1.807) is 67.7 Å². The van der Waals surface area contributed by atoms with E-state index in [0.29, 0.717) is 39.3 Å². The summed E-state index contributed by atoms with van der Waals surface area (Å²) in [4.78, 5) is 25.6. The molecule has 5 N–H and O–H groups in total. The lowest BCUT2D eigenvalue weighted by Crippen LogP contribution is -2.29. The van der Waals surface area contributed by atoms with Crippen LogP contribution < -0.4 is 10.1 Å². The summed E-state index contributed by atoms with van der Waals surface area (Å²) in [5, 5.41) is 12.4. The van der Waals surface area contributed by atoms with E-state index in [4.69, 9.17) is 9.84 Å². The molecule has 0 spiro atoms. The minimum absolute atomic E-state index is 0.132. The zero-order chi connectivity index (χ0) is 42.0. The van der Waals surface area contributed by atoms with Crippen molar-refractivity contribution in [1.29, 1.82) is 0 Å². The molecule has 0 saturated carbocycles. The molecule has 0 fully saturated rings. The number of carboxylic acids is 1. The second kappa shape index (κ2) is 16.7. The summed E-state index contributed by atoms with van der Waals surface area (Å²) in [5.74, 6) is -1.77. The predicted molar refractivity (Wildman–Crippen MR) is 213 cm³/mol. The zero-order valence-corrected chi connectivity index (χ0v) is 33.2. The van der Waals surface area contributed by atoms with Gasteiger partial charge in [0.15, 0.2) is 0 Å². The van der Waals surface area contributed by atoms with Gasteiger partial charge in [-0.05, 0) is 90.6 Å². The number of rotatable bonds is 15. The molecule has 18 heteroatoms. The minimum atomic E-state index is -4.81. The summed E-state index contributed by atoms with van der Waals surface area (Å²) in [6, 6.07) is 22.9. The molecule has 1 aliphatic heterocycles. The van der Waals surface area contributed by atoms with E-state index >= 15 is 0 Å². The van der Waals surface area contributed by atoms with Gasteiger partial charge in [-0.15, -0.1) is 0 Å². The molecule has 58 heavy (non-hydrogen) atoms. The van der Waals surface area contributed by atoms with E-state index in [-0.39, 0.29) is 70.4 Å². The van der Waals surface area contributed by atoms with Crippen LogP contribution in [0.25, 0.3) is 5.57 Å². The highest BCUT2D eigenvalue weighted by Gasteiger charge is 2.35. The lowest BCUT2D eigenvalue weighted by atomic mass is 9.83. The van der Waals surface area contributed by atoms with Gasteiger partial charge in [0.05, 0.1) is 14.7 Å². The quantitative estimate of drug-likeness (QED) is 0.0883. The molecule has 0 radical (unpaired) electrons. The lowest BCUT2D eigenvalue weighted by molar-refractivity contribution is -0.137. The number of allylic oxidation sites excluding steroid dienone is 3. The third-order valence-corrected chi connectivity index (χ3v) is 12.4. The van der Waals surface area contributed by atoms with E-state index in [1.165, 1.54) is 47.4 Å². The standard InChI is InChI=1S/C40H38N2O13S3/c1-42(20-4-7-38(43)44)40(45)32-6-3-2-5-31(32)39-33-19-14-28(41-24-26-11-17-30(18-12-26)57(49,50)51)22-36(33)55-35-21-27(37(23-34(35)39)58(52,53)54)13-8-25-9-15-29(16-10-25)56(46,47)48/h2-3,5-6,9-12,14-19,21-23,27,41H,4,7-8,13,20,24H2,1H3,(H,43,44)(H,46,47,48)(H,49,50,51)(H,52,53,54). The van der Waals surface area contributed by atoms with Crippen LogP contribution in [0, 0.1) is 5.92 Å². The number of aryl methyl sites for hydroxylation is 1. The Kier molecular flexibility index (Phi) is 12.1. The van der Waals surface area contributed by atoms with Crippen LogP contribution in [-0.4, -0.2) is 74.4 Å². The molecule has 2 aliphatic rings. The van der Waals surface area contributed by atoms with Crippen molar-refractivity contribution < 1.29 is 58.3 Å². The van der Waals surface area contributed by atoms with Crippen LogP contribution in [0.5, 0.6) is 5.75 Å². The number of carboxylic acid groups (broad SMARTS) is 1. The fraction of sp³-hybridized carbons (Fsp3) is 0.200. The molecule has 304 valence electrons. The number of ether oxygens (including phenoxy) is 1. The Balaban J connectivity index is 1.42. The Bertz CT molecular complexity index is 2710. The third-order valence-electron chi connectivity index (χ3n) is 9.65. The molecule has 0 bridgehead atoms. The molecule has 0 saturated heterocycles. The molecule has 1 amide bonds. The van der Waals surface area contributed by atoms with Gasteiger partial charge < -0.3 is 20.1 Å². The smallest absolute Gasteiger partial charge is 0.303 e. The first-order valence-electron chi connectivity index (χ1n) is 17.7. The Labute approximate surface area is 335 Å². The van der Waals surface area contributed by atoms with Gasteiger partial charge in [0, 0.05) is 66.5 Å². The van der Waals surface area contributed by atoms with Crippen molar-refractivity contribution in [2.75, 3.05) is 18.9 Å². The predicted octanol–water partition coefficient (Wildman–Crippen LogP) is 5.84. The van der Waals surface area contributed by atoms with Crippen molar-refractivity contribution in [3.63, 3.8) is 0 Å². The topological polar surface area (TPSA) is 242 Å². The van der Waals surface area contributed by atoms with Gasteiger partial charge >= 0.3 is 5.97 Å². The van der Waals surface area contributed by atoms with Crippen LogP contribution in [0.15, 0.2) is 129 Å². The fourth-order valence-corrected chi connectivity index (χ4v) is 8.52. The maximum Gasteiger partial charge on any atom is 0.303 e. The number of fused-ring (bicyclic) bond motifs is 2. The molecule has 4 aromatic rings. The Morgan fingerprint density at radius 1 is 0.776 bits per heavy atom. The first-order chi connectivity index (χ1) is 27.3. The summed E-state index contributed by atoms with van der Waals surface area (Å²) in [6.07, 6.45) is 3.32. The van der Waals surface area contributed by atoms with Crippen molar-refractivity contribution >= 4 is 53.5 Å². The van der Waals surface area contributed by atoms with Crippen molar-refractivity contribution in [3.8, 4) is 5.75 Å². The number of anilines is 1. The monoisotopic (exact) mass is 850 g/mol. The number of hydrogen-bond acceptors (Lipinski definition) is 10. The molecular weight excluding hydrogens is 813 g/mol. The highest BCUT2D eigenvalue weighted by Crippen LogP contribution is 2.47. The van der Waals surface area contributed by atoms with Gasteiger partial charge in [0.2, 0.25) is 0 Å². The first kappa shape index (κ1) is 42.0. The number of carbonyl (C=O) groups is 2. The first-order valence-corrected chi connectivity index (χ1v) is 22.0. The molecular formula is C40H38N2O13S3. The van der Waals surface area contributed by atoms with Crippen molar-refractivity contribution in [3.05, 3.63) is 147 Å². The maximum absolute atomic E-state index is 13.9. The van der Waals surface area contributed by atoms with Crippen LogP contribution in [0.4, 0.5) is 5.69 Å². The van der Waals surface area contributed by atoms with E-state index in [0.717, 1.165) is 0 Å². The van der Waals surface area contributed by atoms with Gasteiger partial charge in [-0.1, -0.05) is 42.5 Å². The summed E-state index contributed by atoms with van der Waals surface area (Å²) >= 11 is 0. The molecule has 1 unspecified atom stereocenters. The third kappa shape index (κ3) is 9.72. The minimum Gasteiger partial charge on any atom is -0.481 e. The van der Waals surface area contributed by atoms with Crippen LogP contribution in [0.2, 0.25) is 0 Å². The number of benzene rings is 4. The zero-order valence-electron chi connectivity index (χ0n) is 30.8. The van der Waals surface area contributed by atoms with Crippen molar-refractivity contribution in [2.45, 2.75) is 42.0 Å². The van der Waals surface area contributed by atoms with E-state index in [2.05, 4.69) is 5.32 Å². The van der Waals surface area contributed by atoms with Crippen molar-refractivity contribution in [1.82, 2.24) is 4.90 Å². The SMILES string of the molecule is CN(CCCC(=O)O)C(=O)c1ccccc1C1=C2C=C(S(=O)(=O)O)C(CCc3ccc(S(=O)(=O)O)cc3)C=C2Oc2cc(NCc3ccc(S(=O)(=O)O)cc3)ccc21. The van der Waals surface area contributed by atoms with Gasteiger partial charge in [-0.2, -0.15) is 25.3 Å². The Morgan fingerprint density at radius 2 is 1.40 bits per heavy atom. The number of aliphatic carboxylic acids is 1. The van der Waals surface area contributed by atoms with Gasteiger partial charge in [0.25, 0.3) is 36.3 Å². The molecule has 15 nitrogen and oxygen atoms in total. The molecule has 1 atom stereocenters. The van der Waals surface area contributed by atoms with Crippen molar-refractivity contribution in [2.24, 2.45) is 5.92 Å². The molecule has 4 aromatic carbocycles. The number of hydrogen-bond donors (Lipinski definition) is 5. The second-order valence-corrected chi connectivity index (χ2v) is 17.9. The van der Waals surface area contributed by atoms with Crippen LogP contribution in [0.1, 0.15) is 51.9 Å². The Hall–Kier alpha value is -5.63. The number of carbonyl (C=O) groups excluding carboxylic acids is 1. The summed E-state index contributed by atoms with van der Waals surface area (Å²) in [7, 11) is -12.1. The number of amides is 1. The molecule has 1 aliphatic carbocycles. The molecule has 6 rings (SSSR count). The maximum atomic E-state index is 13.9. The number of nitrogens with one attached hydrogen (secondary N) is 1. The molecule has 1 heterocycles. The highest BCUT2D eigenvalue weighted by atomic mass is 32.2. The Morgan fingerprint density at radius 3 is 2.00 bits per heavy atom. The summed E-state index contributed by atoms with van der Waals surface area (Å²) in [5.41, 5.74) is 3.72. The van der Waals surface area contributed by atoms with E-state index < -0.39 is 48.1 Å². The summed E-state index contributed by atoms with van der Waals surface area (Å²) < 4.78 is 108. The van der Waals surface area contributed by atoms with E-state index in [9.17, 15) is 48.5 Å². The van der Waals surface area contributed by atoms with Crippen LogP contribution >= 0.6 is 0 Å². The average molecular weight is 851 g/mol. The normalized spacial score (nSPS) is 15.3. The van der Waals surface area contributed by atoms with Crippen LogP contribution in [-0.2, 0) is 48.1 Å². The van der Waals surface area contributed by atoms with Gasteiger partial charge in [-0.3, -0.25) is 23.2 Å². The van der Waals surface area contributed by atoms with Gasteiger partial charge in [-0.25, -0.2) is 0 Å². The fourth-order valence-electron chi connectivity index (χ4n) is 6.72. The lowest BCUT2D eigenvalue weighted by Gasteiger charge is -2.31. The second-order valence-electron chi connectivity index (χ2n) is 13.7. The highest BCUT2D eigenvalue weighted by molar-refractivity contribution is 7.89. The van der Waals surface area contributed by atoms with Gasteiger partial charge in [0.1, 0.15) is 11.5 Å². The largest absolute Gasteiger partial charge is 0.481 e. The average Bonchev–Trinajstić information content (AvgIpc) is 3.16.